The Balaban J connectivity index is 1.96. The van der Waals surface area contributed by atoms with Gasteiger partial charge in [0.05, 0.1) is 11.6 Å². The Bertz CT molecular complexity index is 674. The summed E-state index contributed by atoms with van der Waals surface area (Å²) in [5, 5.41) is 24.5. The zero-order valence-electron chi connectivity index (χ0n) is 12.0. The number of fused-ring (bicyclic) bond motifs is 1. The van der Waals surface area contributed by atoms with Gasteiger partial charge in [-0.05, 0) is 25.0 Å². The second-order valence-electron chi connectivity index (χ2n) is 5.80. The SMILES string of the molecule is N#Cc1ccc(NC2CCCCC2CO)c2ccccc12. The van der Waals surface area contributed by atoms with Crippen LogP contribution in [-0.2, 0) is 0 Å². The number of anilines is 1. The predicted octanol–water partition coefficient (Wildman–Crippen LogP) is 3.67. The molecule has 2 unspecified atom stereocenters. The summed E-state index contributed by atoms with van der Waals surface area (Å²) in [5.74, 6) is 0.327. The molecule has 3 rings (SSSR count). The maximum Gasteiger partial charge on any atom is 0.0998 e. The fraction of sp³-hybridized carbons (Fsp3) is 0.389. The average molecular weight is 280 g/mol. The maximum atomic E-state index is 9.55. The highest BCUT2D eigenvalue weighted by molar-refractivity contribution is 5.97. The maximum absolute atomic E-state index is 9.55. The first-order chi connectivity index (χ1) is 10.3. The third-order valence-electron chi connectivity index (χ3n) is 4.53. The first-order valence-electron chi connectivity index (χ1n) is 7.62. The standard InChI is InChI=1S/C18H20N2O/c19-11-13-9-10-18(16-7-3-2-6-15(13)16)20-17-8-4-1-5-14(17)12-21/h2-3,6-7,9-10,14,17,20-21H,1,4-5,8,12H2. The Morgan fingerprint density at radius 1 is 1.10 bits per heavy atom. The smallest absolute Gasteiger partial charge is 0.0998 e. The molecule has 3 nitrogen and oxygen atoms in total. The third-order valence-corrected chi connectivity index (χ3v) is 4.53. The van der Waals surface area contributed by atoms with Crippen molar-refractivity contribution in [3.05, 3.63) is 42.0 Å². The van der Waals surface area contributed by atoms with Gasteiger partial charge in [0.2, 0.25) is 0 Å². The predicted molar refractivity (Wildman–Crippen MR) is 85.1 cm³/mol. The fourth-order valence-electron chi connectivity index (χ4n) is 3.34. The minimum absolute atomic E-state index is 0.242. The third kappa shape index (κ3) is 2.72. The average Bonchev–Trinajstić information content (AvgIpc) is 2.55. The van der Waals surface area contributed by atoms with Gasteiger partial charge in [0.25, 0.3) is 0 Å². The lowest BCUT2D eigenvalue weighted by molar-refractivity contribution is 0.178. The molecule has 0 spiro atoms. The van der Waals surface area contributed by atoms with Gasteiger partial charge in [-0.3, -0.25) is 0 Å². The van der Waals surface area contributed by atoms with Crippen LogP contribution < -0.4 is 5.32 Å². The van der Waals surface area contributed by atoms with Crippen LogP contribution in [0.4, 0.5) is 5.69 Å². The van der Waals surface area contributed by atoms with Crippen molar-refractivity contribution >= 4 is 16.5 Å². The molecule has 2 aromatic rings. The van der Waals surface area contributed by atoms with Crippen molar-refractivity contribution in [3.63, 3.8) is 0 Å². The molecule has 2 N–H and O–H groups in total. The van der Waals surface area contributed by atoms with E-state index in [0.717, 1.165) is 29.3 Å². The molecule has 2 aromatic carbocycles. The van der Waals surface area contributed by atoms with Crippen LogP contribution in [0.3, 0.4) is 0 Å². The Hall–Kier alpha value is -2.05. The number of rotatable bonds is 3. The summed E-state index contributed by atoms with van der Waals surface area (Å²) >= 11 is 0. The van der Waals surface area contributed by atoms with Crippen LogP contribution in [0.15, 0.2) is 36.4 Å². The molecule has 1 aliphatic rings. The second kappa shape index (κ2) is 6.15. The number of nitrogens with one attached hydrogen (secondary N) is 1. The molecular formula is C18H20N2O. The van der Waals surface area contributed by atoms with Crippen LogP contribution in [0.1, 0.15) is 31.2 Å². The fourth-order valence-corrected chi connectivity index (χ4v) is 3.34. The van der Waals surface area contributed by atoms with Gasteiger partial charge >= 0.3 is 0 Å². The molecule has 0 bridgehead atoms. The molecule has 0 radical (unpaired) electrons. The molecule has 2 atom stereocenters. The van der Waals surface area contributed by atoms with Gasteiger partial charge in [-0.1, -0.05) is 37.1 Å². The van der Waals surface area contributed by atoms with Crippen LogP contribution >= 0.6 is 0 Å². The van der Waals surface area contributed by atoms with Crippen molar-refractivity contribution < 1.29 is 5.11 Å². The van der Waals surface area contributed by atoms with E-state index >= 15 is 0 Å². The zero-order valence-corrected chi connectivity index (χ0v) is 12.0. The highest BCUT2D eigenvalue weighted by atomic mass is 16.3. The zero-order chi connectivity index (χ0) is 14.7. The lowest BCUT2D eigenvalue weighted by Crippen LogP contribution is -2.34. The Morgan fingerprint density at radius 3 is 2.62 bits per heavy atom. The quantitative estimate of drug-likeness (QED) is 0.901. The molecule has 0 heterocycles. The summed E-state index contributed by atoms with van der Waals surface area (Å²) in [4.78, 5) is 0. The molecular weight excluding hydrogens is 260 g/mol. The van der Waals surface area contributed by atoms with Crippen molar-refractivity contribution in [1.29, 1.82) is 5.26 Å². The minimum Gasteiger partial charge on any atom is -0.396 e. The number of benzene rings is 2. The summed E-state index contributed by atoms with van der Waals surface area (Å²) < 4.78 is 0. The summed E-state index contributed by atoms with van der Waals surface area (Å²) in [5.41, 5.74) is 1.77. The van der Waals surface area contributed by atoms with E-state index in [4.69, 9.17) is 0 Å². The first kappa shape index (κ1) is 13.9. The van der Waals surface area contributed by atoms with Crippen LogP contribution in [0, 0.1) is 17.2 Å². The van der Waals surface area contributed by atoms with Gasteiger partial charge in [-0.15, -0.1) is 0 Å². The molecule has 108 valence electrons. The van der Waals surface area contributed by atoms with Crippen molar-refractivity contribution in [1.82, 2.24) is 0 Å². The number of hydrogen-bond donors (Lipinski definition) is 2. The number of hydrogen-bond acceptors (Lipinski definition) is 3. The first-order valence-corrected chi connectivity index (χ1v) is 7.62. The van der Waals surface area contributed by atoms with Crippen LogP contribution in [-0.4, -0.2) is 17.8 Å². The monoisotopic (exact) mass is 280 g/mol. The number of nitriles is 1. The highest BCUT2D eigenvalue weighted by Gasteiger charge is 2.24. The normalized spacial score (nSPS) is 21.9. The molecule has 0 saturated heterocycles. The lowest BCUT2D eigenvalue weighted by Gasteiger charge is -2.32. The molecule has 1 fully saturated rings. The molecule has 1 aliphatic carbocycles. The van der Waals surface area contributed by atoms with Gasteiger partial charge in [0, 0.05) is 35.0 Å². The summed E-state index contributed by atoms with van der Waals surface area (Å²) in [6, 6.07) is 14.4. The van der Waals surface area contributed by atoms with Crippen LogP contribution in [0.5, 0.6) is 0 Å². The van der Waals surface area contributed by atoms with E-state index in [2.05, 4.69) is 17.5 Å². The summed E-state index contributed by atoms with van der Waals surface area (Å²) in [7, 11) is 0. The molecule has 1 saturated carbocycles. The van der Waals surface area contributed by atoms with E-state index in [0.29, 0.717) is 17.5 Å². The van der Waals surface area contributed by atoms with Gasteiger partial charge in [0.1, 0.15) is 0 Å². The summed E-state index contributed by atoms with van der Waals surface area (Å²) in [6.07, 6.45) is 4.60. The molecule has 21 heavy (non-hydrogen) atoms. The Labute approximate surface area is 125 Å². The van der Waals surface area contributed by atoms with Gasteiger partial charge < -0.3 is 10.4 Å². The van der Waals surface area contributed by atoms with E-state index in [1.54, 1.807) is 0 Å². The van der Waals surface area contributed by atoms with Crippen molar-refractivity contribution in [3.8, 4) is 6.07 Å². The van der Waals surface area contributed by atoms with Crippen molar-refractivity contribution in [2.45, 2.75) is 31.7 Å². The van der Waals surface area contributed by atoms with Gasteiger partial charge in [-0.25, -0.2) is 0 Å². The number of nitrogens with zero attached hydrogens (tertiary/aromatic N) is 1. The number of aliphatic hydroxyl groups excluding tert-OH is 1. The topological polar surface area (TPSA) is 56.0 Å². The number of aliphatic hydroxyl groups is 1. The minimum atomic E-state index is 0.242. The van der Waals surface area contributed by atoms with E-state index in [-0.39, 0.29) is 6.61 Å². The van der Waals surface area contributed by atoms with Gasteiger partial charge in [-0.2, -0.15) is 5.26 Å². The van der Waals surface area contributed by atoms with Gasteiger partial charge in [0.15, 0.2) is 0 Å². The second-order valence-corrected chi connectivity index (χ2v) is 5.80. The summed E-state index contributed by atoms with van der Waals surface area (Å²) in [6.45, 7) is 0.242. The van der Waals surface area contributed by atoms with Crippen LogP contribution in [0.2, 0.25) is 0 Å². The van der Waals surface area contributed by atoms with E-state index in [1.807, 2.05) is 30.3 Å². The van der Waals surface area contributed by atoms with Crippen molar-refractivity contribution in [2.24, 2.45) is 5.92 Å². The molecule has 3 heteroatoms. The van der Waals surface area contributed by atoms with E-state index < -0.39 is 0 Å². The molecule has 0 aliphatic heterocycles. The Morgan fingerprint density at radius 2 is 1.86 bits per heavy atom. The molecule has 0 amide bonds. The lowest BCUT2D eigenvalue weighted by atomic mass is 9.84. The molecule has 0 aromatic heterocycles. The van der Waals surface area contributed by atoms with E-state index in [9.17, 15) is 10.4 Å². The largest absolute Gasteiger partial charge is 0.396 e. The van der Waals surface area contributed by atoms with E-state index in [1.165, 1.54) is 12.8 Å². The highest BCUT2D eigenvalue weighted by Crippen LogP contribution is 2.31. The Kier molecular flexibility index (Phi) is 4.08. The van der Waals surface area contributed by atoms with Crippen LogP contribution in [0.25, 0.3) is 10.8 Å². The van der Waals surface area contributed by atoms with Crippen molar-refractivity contribution in [2.75, 3.05) is 11.9 Å².